The largest absolute Gasteiger partial charge is 0.464 e. The lowest BCUT2D eigenvalue weighted by atomic mass is 9.91. The molecule has 1 aliphatic rings. The summed E-state index contributed by atoms with van der Waals surface area (Å²) in [7, 11) is 0. The summed E-state index contributed by atoms with van der Waals surface area (Å²) < 4.78 is 5.08. The second kappa shape index (κ2) is 10.5. The Kier molecular flexibility index (Phi) is 8.76. The predicted octanol–water partition coefficient (Wildman–Crippen LogP) is -0.620. The highest BCUT2D eigenvalue weighted by molar-refractivity contribution is 5.87. The van der Waals surface area contributed by atoms with E-state index in [1.54, 1.807) is 12.3 Å². The number of hydrazine groups is 1. The van der Waals surface area contributed by atoms with Crippen molar-refractivity contribution in [1.82, 2.24) is 10.3 Å². The highest BCUT2D eigenvalue weighted by Crippen LogP contribution is 2.24. The van der Waals surface area contributed by atoms with E-state index in [9.17, 15) is 19.7 Å². The minimum Gasteiger partial charge on any atom is -0.464 e. The molecule has 0 aromatic rings. The lowest BCUT2D eigenvalue weighted by molar-refractivity contribution is -0.525. The summed E-state index contributed by atoms with van der Waals surface area (Å²) in [5.41, 5.74) is 13.0. The van der Waals surface area contributed by atoms with Crippen LogP contribution >= 0.6 is 0 Å². The van der Waals surface area contributed by atoms with Crippen molar-refractivity contribution in [3.8, 4) is 0 Å². The number of carbonyl (C=O) groups is 2. The van der Waals surface area contributed by atoms with E-state index in [4.69, 9.17) is 16.2 Å². The Morgan fingerprint density at radius 1 is 1.50 bits per heavy atom. The van der Waals surface area contributed by atoms with Gasteiger partial charge in [-0.25, -0.2) is 19.9 Å². The van der Waals surface area contributed by atoms with Gasteiger partial charge in [0.1, 0.15) is 6.04 Å². The minimum atomic E-state index is -0.805. The van der Waals surface area contributed by atoms with E-state index in [0.29, 0.717) is 31.7 Å². The number of ether oxygens (including phenoxy) is 1. The number of nitrogens with zero attached hydrogens (tertiary/aromatic N) is 3. The van der Waals surface area contributed by atoms with E-state index < -0.39 is 23.1 Å². The van der Waals surface area contributed by atoms with Gasteiger partial charge >= 0.3 is 5.97 Å². The van der Waals surface area contributed by atoms with Gasteiger partial charge in [-0.3, -0.25) is 4.79 Å². The van der Waals surface area contributed by atoms with Gasteiger partial charge in [-0.1, -0.05) is 12.3 Å². The second-order valence-corrected chi connectivity index (χ2v) is 6.31. The number of esters is 1. The lowest BCUT2D eigenvalue weighted by Crippen LogP contribution is -2.55. The van der Waals surface area contributed by atoms with Crippen molar-refractivity contribution >= 4 is 17.8 Å². The molecule has 0 unspecified atom stereocenters. The maximum atomic E-state index is 12.6. The zero-order valence-electron chi connectivity index (χ0n) is 15.2. The van der Waals surface area contributed by atoms with Crippen LogP contribution in [-0.4, -0.2) is 59.5 Å². The topological polar surface area (TPSA) is 166 Å². The Morgan fingerprint density at radius 2 is 2.19 bits per heavy atom. The Morgan fingerprint density at radius 3 is 2.81 bits per heavy atom. The van der Waals surface area contributed by atoms with Crippen LogP contribution in [-0.2, 0) is 14.3 Å². The van der Waals surface area contributed by atoms with Gasteiger partial charge in [0.05, 0.1) is 12.6 Å². The SMILES string of the molecule is CCOC(=O)[C@@H]1C[C@@H](C)CCN1C(=O)[C@H](N)CCCN=C(N)N[N+](=O)[O-]. The molecule has 1 aliphatic heterocycles. The summed E-state index contributed by atoms with van der Waals surface area (Å²) in [6.07, 6.45) is 2.13. The normalized spacial score (nSPS) is 21.8. The van der Waals surface area contributed by atoms with E-state index in [-0.39, 0.29) is 25.0 Å². The zero-order valence-corrected chi connectivity index (χ0v) is 15.2. The molecule has 0 bridgehead atoms. The molecule has 1 amide bonds. The van der Waals surface area contributed by atoms with E-state index in [2.05, 4.69) is 4.99 Å². The number of carbonyl (C=O) groups excluding carboxylic acids is 2. The van der Waals surface area contributed by atoms with Crippen molar-refractivity contribution in [2.24, 2.45) is 22.4 Å². The van der Waals surface area contributed by atoms with Gasteiger partial charge in [-0.2, -0.15) is 0 Å². The smallest absolute Gasteiger partial charge is 0.328 e. The van der Waals surface area contributed by atoms with Crippen molar-refractivity contribution in [3.63, 3.8) is 0 Å². The van der Waals surface area contributed by atoms with Crippen molar-refractivity contribution in [1.29, 1.82) is 0 Å². The fourth-order valence-electron chi connectivity index (χ4n) is 2.84. The van der Waals surface area contributed by atoms with Crippen LogP contribution in [0, 0.1) is 16.0 Å². The number of piperidine rings is 1. The number of hydrogen-bond acceptors (Lipinski definition) is 7. The van der Waals surface area contributed by atoms with E-state index in [0.717, 1.165) is 6.42 Å². The van der Waals surface area contributed by atoms with E-state index in [1.165, 1.54) is 4.90 Å². The van der Waals surface area contributed by atoms with Gasteiger partial charge in [-0.05, 0) is 38.5 Å². The molecule has 5 N–H and O–H groups in total. The molecule has 0 radical (unpaired) electrons. The third kappa shape index (κ3) is 6.82. The molecular formula is C15H28N6O5. The van der Waals surface area contributed by atoms with E-state index in [1.807, 2.05) is 6.92 Å². The molecule has 1 saturated heterocycles. The van der Waals surface area contributed by atoms with Gasteiger partial charge in [-0.15, -0.1) is 0 Å². The van der Waals surface area contributed by atoms with E-state index >= 15 is 0 Å². The molecule has 11 nitrogen and oxygen atoms in total. The number of amides is 1. The number of nitro groups is 1. The Hall–Kier alpha value is -2.43. The van der Waals surface area contributed by atoms with Gasteiger partial charge in [0.15, 0.2) is 5.03 Å². The van der Waals surface area contributed by atoms with Crippen LogP contribution < -0.4 is 16.9 Å². The zero-order chi connectivity index (χ0) is 19.7. The molecular weight excluding hydrogens is 344 g/mol. The third-order valence-corrected chi connectivity index (χ3v) is 4.18. The molecule has 3 atom stereocenters. The molecule has 0 spiro atoms. The lowest BCUT2D eigenvalue weighted by Gasteiger charge is -2.38. The number of hydrogen-bond donors (Lipinski definition) is 3. The van der Waals surface area contributed by atoms with Crippen molar-refractivity contribution in [2.45, 2.75) is 51.6 Å². The standard InChI is InChI=1S/C15H28N6O5/c1-3-26-14(23)12-9-10(2)6-8-20(12)13(22)11(16)5-4-7-18-15(17)19-21(24)25/h10-12H,3-9,16H2,1-2H3,(H3,17,18,19)/t10-,11+,12-/m0/s1. The summed E-state index contributed by atoms with van der Waals surface area (Å²) >= 11 is 0. The van der Waals surface area contributed by atoms with Crippen LogP contribution in [0.2, 0.25) is 0 Å². The molecule has 0 aromatic carbocycles. The summed E-state index contributed by atoms with van der Waals surface area (Å²) in [6.45, 7) is 4.69. The first-order chi connectivity index (χ1) is 12.3. The molecule has 148 valence electrons. The number of nitrogens with two attached hydrogens (primary N) is 2. The third-order valence-electron chi connectivity index (χ3n) is 4.18. The predicted molar refractivity (Wildman–Crippen MR) is 94.4 cm³/mol. The number of aliphatic imine (C=N–C) groups is 1. The van der Waals surface area contributed by atoms with Crippen molar-refractivity contribution < 1.29 is 19.4 Å². The van der Waals surface area contributed by atoms with Crippen LogP contribution in [0.25, 0.3) is 0 Å². The quantitative estimate of drug-likeness (QED) is 0.127. The molecule has 0 saturated carbocycles. The van der Waals surface area contributed by atoms with Crippen LogP contribution in [0.4, 0.5) is 0 Å². The highest BCUT2D eigenvalue weighted by atomic mass is 16.7. The van der Waals surface area contributed by atoms with Gasteiger partial charge in [0.2, 0.25) is 5.91 Å². The Balaban J connectivity index is 2.56. The highest BCUT2D eigenvalue weighted by Gasteiger charge is 2.37. The molecule has 26 heavy (non-hydrogen) atoms. The Labute approximate surface area is 152 Å². The number of guanidine groups is 1. The second-order valence-electron chi connectivity index (χ2n) is 6.31. The maximum Gasteiger partial charge on any atom is 0.328 e. The maximum absolute atomic E-state index is 12.6. The average Bonchev–Trinajstić information content (AvgIpc) is 2.57. The fraction of sp³-hybridized carbons (Fsp3) is 0.800. The summed E-state index contributed by atoms with van der Waals surface area (Å²) in [5, 5.41) is 9.39. The molecule has 11 heteroatoms. The van der Waals surface area contributed by atoms with Crippen LogP contribution in [0.1, 0.15) is 39.5 Å². The number of nitrogens with one attached hydrogen (secondary N) is 1. The first-order valence-electron chi connectivity index (χ1n) is 8.69. The molecule has 1 heterocycles. The minimum absolute atomic E-state index is 0.200. The van der Waals surface area contributed by atoms with Gasteiger partial charge in [0, 0.05) is 13.1 Å². The average molecular weight is 372 g/mol. The fourth-order valence-corrected chi connectivity index (χ4v) is 2.84. The van der Waals surface area contributed by atoms with Gasteiger partial charge in [0.25, 0.3) is 5.96 Å². The molecule has 1 rings (SSSR count). The summed E-state index contributed by atoms with van der Waals surface area (Å²) in [5.74, 6) is -0.670. The van der Waals surface area contributed by atoms with Crippen LogP contribution in [0.3, 0.4) is 0 Å². The first-order valence-corrected chi connectivity index (χ1v) is 8.69. The molecule has 0 aliphatic carbocycles. The first kappa shape index (κ1) is 21.6. The number of likely N-dealkylation sites (tertiary alicyclic amines) is 1. The van der Waals surface area contributed by atoms with Gasteiger partial charge < -0.3 is 21.1 Å². The van der Waals surface area contributed by atoms with Crippen LogP contribution in [0.15, 0.2) is 4.99 Å². The van der Waals surface area contributed by atoms with Crippen molar-refractivity contribution in [2.75, 3.05) is 19.7 Å². The van der Waals surface area contributed by atoms with Crippen LogP contribution in [0.5, 0.6) is 0 Å². The summed E-state index contributed by atoms with van der Waals surface area (Å²) in [4.78, 5) is 40.3. The Bertz CT molecular complexity index is 541. The monoisotopic (exact) mass is 372 g/mol. The number of rotatable bonds is 8. The molecule has 0 aromatic heterocycles. The van der Waals surface area contributed by atoms with Crippen molar-refractivity contribution in [3.05, 3.63) is 10.1 Å². The molecule has 1 fully saturated rings. The summed E-state index contributed by atoms with van der Waals surface area (Å²) in [6, 6.07) is -1.38.